The van der Waals surface area contributed by atoms with Gasteiger partial charge in [-0.1, -0.05) is 18.2 Å². The van der Waals surface area contributed by atoms with Crippen LogP contribution < -0.4 is 5.32 Å². The summed E-state index contributed by atoms with van der Waals surface area (Å²) in [5.41, 5.74) is -0.127. The molecule has 1 aromatic heterocycles. The van der Waals surface area contributed by atoms with Crippen LogP contribution in [0.2, 0.25) is 0 Å². The van der Waals surface area contributed by atoms with E-state index in [0.717, 1.165) is 10.9 Å². The molecule has 0 unspecified atom stereocenters. The van der Waals surface area contributed by atoms with E-state index >= 15 is 0 Å². The van der Waals surface area contributed by atoms with Crippen molar-refractivity contribution in [2.75, 3.05) is 18.5 Å². The summed E-state index contributed by atoms with van der Waals surface area (Å²) < 4.78 is 5.26. The van der Waals surface area contributed by atoms with E-state index in [0.29, 0.717) is 31.9 Å². The molecule has 2 N–H and O–H groups in total. The first-order valence-electron chi connectivity index (χ1n) is 6.65. The molecule has 0 amide bonds. The second-order valence-electron chi connectivity index (χ2n) is 5.01. The Morgan fingerprint density at radius 1 is 1.20 bits per heavy atom. The molecular weight excluding hydrogens is 256 g/mol. The summed E-state index contributed by atoms with van der Waals surface area (Å²) in [6.45, 7) is 0.903. The number of hydrogen-bond acceptors (Lipinski definition) is 4. The average Bonchev–Trinajstić information content (AvgIpc) is 2.48. The van der Waals surface area contributed by atoms with Gasteiger partial charge in [-0.05, 0) is 18.2 Å². The number of fused-ring (bicyclic) bond motifs is 1. The second kappa shape index (κ2) is 5.09. The third-order valence-corrected chi connectivity index (χ3v) is 3.72. The zero-order valence-corrected chi connectivity index (χ0v) is 11.0. The predicted molar refractivity (Wildman–Crippen MR) is 75.8 cm³/mol. The zero-order valence-electron chi connectivity index (χ0n) is 11.0. The Hall–Kier alpha value is -2.14. The molecule has 104 valence electrons. The lowest BCUT2D eigenvalue weighted by Gasteiger charge is -2.34. The van der Waals surface area contributed by atoms with E-state index in [4.69, 9.17) is 4.74 Å². The molecule has 0 aliphatic carbocycles. The van der Waals surface area contributed by atoms with Crippen molar-refractivity contribution in [3.63, 3.8) is 0 Å². The molecule has 1 saturated heterocycles. The van der Waals surface area contributed by atoms with Crippen molar-refractivity contribution in [3.05, 3.63) is 36.4 Å². The van der Waals surface area contributed by atoms with E-state index in [9.17, 15) is 9.90 Å². The fourth-order valence-corrected chi connectivity index (χ4v) is 2.49. The maximum absolute atomic E-state index is 11.6. The Balaban J connectivity index is 1.92. The number of para-hydroxylation sites is 1. The lowest BCUT2D eigenvalue weighted by Crippen LogP contribution is -2.50. The van der Waals surface area contributed by atoms with Crippen LogP contribution in [-0.2, 0) is 9.53 Å². The van der Waals surface area contributed by atoms with Crippen molar-refractivity contribution in [3.8, 4) is 0 Å². The van der Waals surface area contributed by atoms with Crippen molar-refractivity contribution in [2.45, 2.75) is 18.4 Å². The van der Waals surface area contributed by atoms with Gasteiger partial charge in [0, 0.05) is 31.4 Å². The molecule has 1 aliphatic heterocycles. The Kier molecular flexibility index (Phi) is 3.28. The van der Waals surface area contributed by atoms with Crippen LogP contribution in [0.5, 0.6) is 0 Å². The van der Waals surface area contributed by atoms with Crippen molar-refractivity contribution in [1.82, 2.24) is 4.98 Å². The zero-order chi connectivity index (χ0) is 14.0. The third-order valence-electron chi connectivity index (χ3n) is 3.72. The largest absolute Gasteiger partial charge is 0.480 e. The van der Waals surface area contributed by atoms with E-state index < -0.39 is 11.5 Å². The van der Waals surface area contributed by atoms with Gasteiger partial charge in [0.15, 0.2) is 0 Å². The highest BCUT2D eigenvalue weighted by Crippen LogP contribution is 2.26. The molecule has 2 aromatic rings. The molecule has 0 bridgehead atoms. The standard InChI is InChI=1S/C15H16N2O3/c18-14(19)15(7-9-20-10-8-15)17-13-6-5-11-3-1-2-4-12(11)16-13/h1-6H,7-10H2,(H,16,17)(H,18,19). The van der Waals surface area contributed by atoms with Crippen LogP contribution >= 0.6 is 0 Å². The number of aromatic nitrogens is 1. The van der Waals surface area contributed by atoms with Gasteiger partial charge in [0.1, 0.15) is 11.4 Å². The molecule has 0 spiro atoms. The summed E-state index contributed by atoms with van der Waals surface area (Å²) >= 11 is 0. The number of nitrogens with one attached hydrogen (secondary N) is 1. The van der Waals surface area contributed by atoms with Crippen LogP contribution in [0, 0.1) is 0 Å². The molecule has 1 aliphatic rings. The fraction of sp³-hybridized carbons (Fsp3) is 0.333. The van der Waals surface area contributed by atoms with Crippen molar-refractivity contribution >= 4 is 22.7 Å². The van der Waals surface area contributed by atoms with E-state index in [2.05, 4.69) is 10.3 Å². The number of pyridine rings is 1. The topological polar surface area (TPSA) is 71.5 Å². The molecule has 5 nitrogen and oxygen atoms in total. The van der Waals surface area contributed by atoms with Crippen molar-refractivity contribution < 1.29 is 14.6 Å². The highest BCUT2D eigenvalue weighted by molar-refractivity contribution is 5.84. The van der Waals surface area contributed by atoms with Gasteiger partial charge in [-0.25, -0.2) is 9.78 Å². The van der Waals surface area contributed by atoms with Crippen LogP contribution in [0.25, 0.3) is 10.9 Å². The van der Waals surface area contributed by atoms with E-state index in [1.165, 1.54) is 0 Å². The van der Waals surface area contributed by atoms with Gasteiger partial charge in [0.2, 0.25) is 0 Å². The first-order valence-corrected chi connectivity index (χ1v) is 6.65. The highest BCUT2D eigenvalue weighted by atomic mass is 16.5. The number of rotatable bonds is 3. The normalized spacial score (nSPS) is 17.8. The molecule has 5 heteroatoms. The van der Waals surface area contributed by atoms with E-state index in [-0.39, 0.29) is 0 Å². The molecule has 0 atom stereocenters. The van der Waals surface area contributed by atoms with Crippen LogP contribution in [0.1, 0.15) is 12.8 Å². The van der Waals surface area contributed by atoms with E-state index in [1.54, 1.807) is 0 Å². The number of hydrogen-bond donors (Lipinski definition) is 2. The summed E-state index contributed by atoms with van der Waals surface area (Å²) in [5, 5.41) is 13.6. The lowest BCUT2D eigenvalue weighted by atomic mass is 9.90. The summed E-state index contributed by atoms with van der Waals surface area (Å²) in [7, 11) is 0. The van der Waals surface area contributed by atoms with E-state index in [1.807, 2.05) is 36.4 Å². The maximum Gasteiger partial charge on any atom is 0.329 e. The Morgan fingerprint density at radius 2 is 1.95 bits per heavy atom. The minimum absolute atomic E-state index is 0.441. The first-order chi connectivity index (χ1) is 9.70. The number of anilines is 1. The minimum atomic E-state index is -0.978. The number of carboxylic acid groups (broad SMARTS) is 1. The average molecular weight is 272 g/mol. The number of carboxylic acids is 1. The fourth-order valence-electron chi connectivity index (χ4n) is 2.49. The number of aliphatic carboxylic acids is 1. The summed E-state index contributed by atoms with van der Waals surface area (Å²) in [4.78, 5) is 16.1. The molecule has 2 heterocycles. The summed E-state index contributed by atoms with van der Waals surface area (Å²) in [6, 6.07) is 11.5. The van der Waals surface area contributed by atoms with Crippen molar-refractivity contribution in [2.24, 2.45) is 0 Å². The number of carbonyl (C=O) groups is 1. The monoisotopic (exact) mass is 272 g/mol. The van der Waals surface area contributed by atoms with Gasteiger partial charge in [-0.3, -0.25) is 0 Å². The molecular formula is C15H16N2O3. The van der Waals surface area contributed by atoms with Crippen LogP contribution in [0.3, 0.4) is 0 Å². The van der Waals surface area contributed by atoms with Gasteiger partial charge in [0.25, 0.3) is 0 Å². The quantitative estimate of drug-likeness (QED) is 0.897. The van der Waals surface area contributed by atoms with Crippen LogP contribution in [0.4, 0.5) is 5.82 Å². The number of nitrogens with zero attached hydrogens (tertiary/aromatic N) is 1. The lowest BCUT2D eigenvalue weighted by molar-refractivity contribution is -0.145. The molecule has 3 rings (SSSR count). The summed E-state index contributed by atoms with van der Waals surface area (Å²) in [5.74, 6) is -0.260. The van der Waals surface area contributed by atoms with Gasteiger partial charge in [-0.15, -0.1) is 0 Å². The Bertz CT molecular complexity index is 636. The van der Waals surface area contributed by atoms with Gasteiger partial charge < -0.3 is 15.2 Å². The van der Waals surface area contributed by atoms with Gasteiger partial charge >= 0.3 is 5.97 Å². The molecule has 1 aromatic carbocycles. The summed E-state index contributed by atoms with van der Waals surface area (Å²) in [6.07, 6.45) is 0.883. The first kappa shape index (κ1) is 12.9. The number of benzene rings is 1. The second-order valence-corrected chi connectivity index (χ2v) is 5.01. The Morgan fingerprint density at radius 3 is 2.70 bits per heavy atom. The molecule has 20 heavy (non-hydrogen) atoms. The number of ether oxygens (including phenoxy) is 1. The van der Waals surface area contributed by atoms with Crippen LogP contribution in [-0.4, -0.2) is 34.8 Å². The smallest absolute Gasteiger partial charge is 0.329 e. The van der Waals surface area contributed by atoms with Gasteiger partial charge in [-0.2, -0.15) is 0 Å². The highest BCUT2D eigenvalue weighted by Gasteiger charge is 2.40. The SMILES string of the molecule is O=C(O)C1(Nc2ccc3ccccc3n2)CCOCC1. The third kappa shape index (κ3) is 2.32. The van der Waals surface area contributed by atoms with Crippen molar-refractivity contribution in [1.29, 1.82) is 0 Å². The molecule has 0 saturated carbocycles. The maximum atomic E-state index is 11.6. The van der Waals surface area contributed by atoms with Crippen LogP contribution in [0.15, 0.2) is 36.4 Å². The predicted octanol–water partition coefficient (Wildman–Crippen LogP) is 2.28. The minimum Gasteiger partial charge on any atom is -0.480 e. The molecule has 0 radical (unpaired) electrons. The molecule has 1 fully saturated rings. The Labute approximate surface area is 116 Å². The van der Waals surface area contributed by atoms with Gasteiger partial charge in [0.05, 0.1) is 5.52 Å².